The third kappa shape index (κ3) is 7.66. The van der Waals surface area contributed by atoms with E-state index in [9.17, 15) is 14.0 Å². The van der Waals surface area contributed by atoms with Crippen LogP contribution in [0.1, 0.15) is 48.8 Å². The maximum absolute atomic E-state index is 13.8. The van der Waals surface area contributed by atoms with Gasteiger partial charge in [-0.3, -0.25) is 9.59 Å². The van der Waals surface area contributed by atoms with E-state index in [1.807, 2.05) is 61.5 Å². The maximum Gasteiger partial charge on any atom is 0.261 e. The van der Waals surface area contributed by atoms with Crippen LogP contribution in [0.3, 0.4) is 0 Å². The highest BCUT2D eigenvalue weighted by Crippen LogP contribution is 2.21. The van der Waals surface area contributed by atoms with Crippen molar-refractivity contribution in [3.63, 3.8) is 0 Å². The van der Waals surface area contributed by atoms with Crippen LogP contribution in [0, 0.1) is 12.7 Å². The highest BCUT2D eigenvalue weighted by Gasteiger charge is 2.32. The molecule has 0 heterocycles. The summed E-state index contributed by atoms with van der Waals surface area (Å²) < 4.78 is 19.0. The summed E-state index contributed by atoms with van der Waals surface area (Å²) >= 11 is 0. The van der Waals surface area contributed by atoms with Gasteiger partial charge in [0.05, 0.1) is 0 Å². The first-order valence-corrected chi connectivity index (χ1v) is 13.1. The van der Waals surface area contributed by atoms with Crippen LogP contribution in [0.2, 0.25) is 0 Å². The van der Waals surface area contributed by atoms with Gasteiger partial charge >= 0.3 is 0 Å². The average Bonchev–Trinajstić information content (AvgIpc) is 2.92. The summed E-state index contributed by atoms with van der Waals surface area (Å²) in [6.07, 6.45) is 5.72. The van der Waals surface area contributed by atoms with Gasteiger partial charge in [0.15, 0.2) is 6.61 Å². The van der Waals surface area contributed by atoms with Crippen molar-refractivity contribution < 1.29 is 18.7 Å². The van der Waals surface area contributed by atoms with E-state index in [0.717, 1.165) is 42.4 Å². The predicted octanol–water partition coefficient (Wildman–Crippen LogP) is 5.60. The maximum atomic E-state index is 13.8. The second-order valence-corrected chi connectivity index (χ2v) is 9.74. The predicted molar refractivity (Wildman–Crippen MR) is 143 cm³/mol. The number of carbonyl (C=O) groups excluding carboxylic acids is 2. The highest BCUT2D eigenvalue weighted by molar-refractivity contribution is 5.88. The first-order chi connectivity index (χ1) is 18.0. The summed E-state index contributed by atoms with van der Waals surface area (Å²) in [5.74, 6) is -0.411. The van der Waals surface area contributed by atoms with Crippen molar-refractivity contribution >= 4 is 11.8 Å². The summed E-state index contributed by atoms with van der Waals surface area (Å²) in [5.41, 5.74) is 3.00. The van der Waals surface area contributed by atoms with Gasteiger partial charge in [-0.25, -0.2) is 4.39 Å². The van der Waals surface area contributed by atoms with Crippen LogP contribution in [0.25, 0.3) is 0 Å². The van der Waals surface area contributed by atoms with Crippen LogP contribution in [0.4, 0.5) is 4.39 Å². The molecule has 3 aromatic carbocycles. The van der Waals surface area contributed by atoms with E-state index in [2.05, 4.69) is 5.32 Å². The molecule has 1 atom stereocenters. The van der Waals surface area contributed by atoms with Gasteiger partial charge < -0.3 is 15.0 Å². The van der Waals surface area contributed by atoms with E-state index in [0.29, 0.717) is 12.2 Å². The van der Waals surface area contributed by atoms with Gasteiger partial charge in [0.2, 0.25) is 5.91 Å². The minimum absolute atomic E-state index is 0.130. The third-order valence-electron chi connectivity index (χ3n) is 7.00. The lowest BCUT2D eigenvalue weighted by molar-refractivity contribution is -0.143. The van der Waals surface area contributed by atoms with Gasteiger partial charge in [-0.15, -0.1) is 0 Å². The Bertz CT molecular complexity index is 1160. The zero-order chi connectivity index (χ0) is 26.0. The Morgan fingerprint density at radius 3 is 2.32 bits per heavy atom. The lowest BCUT2D eigenvalue weighted by atomic mass is 9.94. The van der Waals surface area contributed by atoms with Gasteiger partial charge in [0, 0.05) is 19.0 Å². The summed E-state index contributed by atoms with van der Waals surface area (Å²) in [7, 11) is 0. The highest BCUT2D eigenvalue weighted by atomic mass is 19.1. The van der Waals surface area contributed by atoms with Crippen molar-refractivity contribution in [1.82, 2.24) is 10.2 Å². The molecule has 0 bridgehead atoms. The van der Waals surface area contributed by atoms with E-state index < -0.39 is 6.04 Å². The molecule has 1 N–H and O–H groups in total. The number of aryl methyl sites for hydroxylation is 1. The zero-order valence-electron chi connectivity index (χ0n) is 21.4. The Hall–Kier alpha value is -3.67. The van der Waals surface area contributed by atoms with Crippen LogP contribution in [-0.2, 0) is 22.6 Å². The quantitative estimate of drug-likeness (QED) is 0.393. The number of carbonyl (C=O) groups is 2. The molecule has 5 nitrogen and oxygen atoms in total. The van der Waals surface area contributed by atoms with Gasteiger partial charge in [-0.1, -0.05) is 73.9 Å². The number of amides is 2. The molecule has 0 spiro atoms. The van der Waals surface area contributed by atoms with Crippen molar-refractivity contribution in [2.45, 2.75) is 64.1 Å². The van der Waals surface area contributed by atoms with E-state index >= 15 is 0 Å². The van der Waals surface area contributed by atoms with Crippen molar-refractivity contribution in [3.05, 3.63) is 101 Å². The third-order valence-corrected chi connectivity index (χ3v) is 7.00. The summed E-state index contributed by atoms with van der Waals surface area (Å²) in [6.45, 7) is 2.04. The zero-order valence-corrected chi connectivity index (χ0v) is 21.4. The lowest BCUT2D eigenvalue weighted by Gasteiger charge is -2.33. The number of nitrogens with zero attached hydrogens (tertiary/aromatic N) is 1. The molecule has 4 rings (SSSR count). The van der Waals surface area contributed by atoms with Crippen molar-refractivity contribution in [2.24, 2.45) is 0 Å². The Balaban J connectivity index is 1.61. The molecule has 0 saturated heterocycles. The summed E-state index contributed by atoms with van der Waals surface area (Å²) in [6, 6.07) is 22.7. The monoisotopic (exact) mass is 502 g/mol. The van der Waals surface area contributed by atoms with E-state index in [4.69, 9.17) is 4.74 Å². The van der Waals surface area contributed by atoms with Gasteiger partial charge in [-0.05, 0) is 60.7 Å². The number of hydrogen-bond donors (Lipinski definition) is 1. The molecule has 2 amide bonds. The smallest absolute Gasteiger partial charge is 0.261 e. The van der Waals surface area contributed by atoms with Crippen LogP contribution < -0.4 is 10.1 Å². The fraction of sp³-hybridized carbons (Fsp3) is 0.355. The Morgan fingerprint density at radius 2 is 1.62 bits per heavy atom. The molecule has 0 aromatic heterocycles. The molecular weight excluding hydrogens is 467 g/mol. The number of benzene rings is 3. The second kappa shape index (κ2) is 13.0. The molecule has 1 aliphatic carbocycles. The fourth-order valence-corrected chi connectivity index (χ4v) is 4.83. The Labute approximate surface area is 218 Å². The fourth-order valence-electron chi connectivity index (χ4n) is 4.83. The summed E-state index contributed by atoms with van der Waals surface area (Å²) in [5, 5.41) is 3.24. The molecule has 194 valence electrons. The largest absolute Gasteiger partial charge is 0.484 e. The molecule has 6 heteroatoms. The number of rotatable bonds is 10. The number of ether oxygens (including phenoxy) is 1. The topological polar surface area (TPSA) is 58.6 Å². The minimum atomic E-state index is -0.701. The first-order valence-electron chi connectivity index (χ1n) is 13.1. The van der Waals surface area contributed by atoms with Gasteiger partial charge in [0.25, 0.3) is 5.91 Å². The van der Waals surface area contributed by atoms with Crippen LogP contribution >= 0.6 is 0 Å². The number of hydrogen-bond acceptors (Lipinski definition) is 3. The molecular formula is C31H35FN2O3. The van der Waals surface area contributed by atoms with E-state index in [-0.39, 0.29) is 36.8 Å². The van der Waals surface area contributed by atoms with E-state index in [1.54, 1.807) is 4.90 Å². The molecule has 37 heavy (non-hydrogen) atoms. The van der Waals surface area contributed by atoms with Crippen molar-refractivity contribution in [3.8, 4) is 5.75 Å². The van der Waals surface area contributed by atoms with Crippen LogP contribution in [0.5, 0.6) is 5.75 Å². The lowest BCUT2D eigenvalue weighted by Crippen LogP contribution is -2.53. The van der Waals surface area contributed by atoms with Crippen molar-refractivity contribution in [1.29, 1.82) is 0 Å². The molecule has 0 unspecified atom stereocenters. The summed E-state index contributed by atoms with van der Waals surface area (Å²) in [4.78, 5) is 29.1. The van der Waals surface area contributed by atoms with Crippen molar-refractivity contribution in [2.75, 3.05) is 6.61 Å². The molecule has 1 saturated carbocycles. The van der Waals surface area contributed by atoms with E-state index in [1.165, 1.54) is 30.7 Å². The molecule has 1 fully saturated rings. The standard InChI is InChI=1S/C31H35FN2O3/c1-23-10-8-9-13-25(23)21-34(30(35)22-37-28-18-16-26(32)17-19-28)29(20-24-11-4-2-5-12-24)31(36)33-27-14-6-3-7-15-27/h2,4-5,8-13,16-19,27,29H,3,6-7,14-15,20-22H2,1H3,(H,33,36)/t29-/m0/s1. The van der Waals surface area contributed by atoms with Crippen LogP contribution in [-0.4, -0.2) is 35.4 Å². The Morgan fingerprint density at radius 1 is 0.946 bits per heavy atom. The average molecular weight is 503 g/mol. The SMILES string of the molecule is Cc1ccccc1CN(C(=O)COc1ccc(F)cc1)[C@@H](Cc1ccccc1)C(=O)NC1CCCCC1. The molecule has 0 aliphatic heterocycles. The van der Waals surface area contributed by atoms with Crippen LogP contribution in [0.15, 0.2) is 78.9 Å². The van der Waals surface area contributed by atoms with Gasteiger partial charge in [-0.2, -0.15) is 0 Å². The molecule has 3 aromatic rings. The second-order valence-electron chi connectivity index (χ2n) is 9.74. The normalized spacial score (nSPS) is 14.5. The molecule has 0 radical (unpaired) electrons. The first kappa shape index (κ1) is 26.4. The number of nitrogens with one attached hydrogen (secondary N) is 1. The number of halogens is 1. The minimum Gasteiger partial charge on any atom is -0.484 e. The Kier molecular flexibility index (Phi) is 9.30. The molecule has 1 aliphatic rings. The van der Waals surface area contributed by atoms with Gasteiger partial charge in [0.1, 0.15) is 17.6 Å².